The van der Waals surface area contributed by atoms with Gasteiger partial charge in [0.2, 0.25) is 0 Å². The maximum Gasteiger partial charge on any atom is 0.0531 e. The van der Waals surface area contributed by atoms with Crippen molar-refractivity contribution in [2.75, 3.05) is 52.4 Å². The molecule has 0 aliphatic carbocycles. The van der Waals surface area contributed by atoms with E-state index < -0.39 is 0 Å². The summed E-state index contributed by atoms with van der Waals surface area (Å²) >= 11 is 1.94. The van der Waals surface area contributed by atoms with Crippen LogP contribution < -0.4 is 5.32 Å². The van der Waals surface area contributed by atoms with E-state index in [0.717, 1.165) is 26.2 Å². The van der Waals surface area contributed by atoms with E-state index in [2.05, 4.69) is 30.4 Å². The van der Waals surface area contributed by atoms with Crippen molar-refractivity contribution in [3.8, 4) is 0 Å². The fourth-order valence-corrected chi connectivity index (χ4v) is 3.38. The molecule has 0 aromatic rings. The lowest BCUT2D eigenvalue weighted by Crippen LogP contribution is -2.48. The molecule has 3 nitrogen and oxygen atoms in total. The Morgan fingerprint density at radius 2 is 2.06 bits per heavy atom. The first-order valence-corrected chi connectivity index (χ1v) is 8.42. The van der Waals surface area contributed by atoms with Crippen LogP contribution in [0.5, 0.6) is 0 Å². The maximum absolute atomic E-state index is 5.49. The van der Waals surface area contributed by atoms with Crippen molar-refractivity contribution in [3.63, 3.8) is 0 Å². The number of thioether (sulfide) groups is 1. The van der Waals surface area contributed by atoms with Crippen molar-refractivity contribution in [1.82, 2.24) is 10.2 Å². The minimum absolute atomic E-state index is 0.363. The van der Waals surface area contributed by atoms with Gasteiger partial charge in [-0.1, -0.05) is 0 Å². The minimum Gasteiger partial charge on any atom is -0.384 e. The minimum atomic E-state index is 0.363. The van der Waals surface area contributed by atoms with Gasteiger partial charge < -0.3 is 15.0 Å². The Balaban J connectivity index is 2.48. The van der Waals surface area contributed by atoms with Crippen LogP contribution in [0.25, 0.3) is 0 Å². The van der Waals surface area contributed by atoms with Crippen molar-refractivity contribution in [2.45, 2.75) is 32.2 Å². The van der Waals surface area contributed by atoms with Crippen molar-refractivity contribution < 1.29 is 4.74 Å². The van der Waals surface area contributed by atoms with Crippen LogP contribution in [-0.2, 0) is 4.74 Å². The highest BCUT2D eigenvalue weighted by molar-refractivity contribution is 7.98. The third kappa shape index (κ3) is 5.08. The van der Waals surface area contributed by atoms with Gasteiger partial charge in [0.15, 0.2) is 0 Å². The summed E-state index contributed by atoms with van der Waals surface area (Å²) < 4.78 is 5.49. The van der Waals surface area contributed by atoms with Crippen molar-refractivity contribution in [1.29, 1.82) is 0 Å². The predicted molar refractivity (Wildman–Crippen MR) is 81.5 cm³/mol. The summed E-state index contributed by atoms with van der Waals surface area (Å²) in [7, 11) is 4.10. The molecule has 0 radical (unpaired) electrons. The SMILES string of the molecule is COCC1(CN(C)C(C)CCSC)CCNCC1. The van der Waals surface area contributed by atoms with Crippen molar-refractivity contribution in [3.05, 3.63) is 0 Å². The normalized spacial score (nSPS) is 21.2. The van der Waals surface area contributed by atoms with E-state index in [-0.39, 0.29) is 0 Å². The Morgan fingerprint density at radius 1 is 1.39 bits per heavy atom. The molecule has 1 atom stereocenters. The lowest BCUT2D eigenvalue weighted by atomic mass is 9.79. The number of nitrogens with one attached hydrogen (secondary N) is 1. The number of ether oxygens (including phenoxy) is 1. The topological polar surface area (TPSA) is 24.5 Å². The molecule has 0 aromatic carbocycles. The first-order chi connectivity index (χ1) is 8.63. The molecule has 0 amide bonds. The first kappa shape index (κ1) is 16.3. The number of nitrogens with zero attached hydrogens (tertiary/aromatic N) is 1. The summed E-state index contributed by atoms with van der Waals surface area (Å²) in [6.45, 7) is 6.68. The molecule has 18 heavy (non-hydrogen) atoms. The lowest BCUT2D eigenvalue weighted by molar-refractivity contribution is 0.0201. The van der Waals surface area contributed by atoms with E-state index in [1.165, 1.54) is 25.0 Å². The van der Waals surface area contributed by atoms with E-state index in [1.807, 2.05) is 18.9 Å². The Morgan fingerprint density at radius 3 is 2.61 bits per heavy atom. The molecule has 1 aliphatic rings. The molecule has 0 aromatic heterocycles. The number of methoxy groups -OCH3 is 1. The maximum atomic E-state index is 5.49. The summed E-state index contributed by atoms with van der Waals surface area (Å²) in [6.07, 6.45) is 5.94. The number of hydrogen-bond donors (Lipinski definition) is 1. The fourth-order valence-electron chi connectivity index (χ4n) is 2.81. The van der Waals surface area contributed by atoms with Crippen LogP contribution in [-0.4, -0.2) is 63.3 Å². The Labute approximate surface area is 117 Å². The average molecular weight is 274 g/mol. The van der Waals surface area contributed by atoms with Crippen LogP contribution in [0.2, 0.25) is 0 Å². The molecular formula is C14H30N2OS. The van der Waals surface area contributed by atoms with Gasteiger partial charge in [-0.15, -0.1) is 0 Å². The first-order valence-electron chi connectivity index (χ1n) is 7.02. The third-order valence-corrected chi connectivity index (χ3v) is 4.84. The number of piperidine rings is 1. The molecule has 108 valence electrons. The number of hydrogen-bond acceptors (Lipinski definition) is 4. The van der Waals surface area contributed by atoms with Crippen LogP contribution in [0, 0.1) is 5.41 Å². The molecule has 1 saturated heterocycles. The van der Waals surface area contributed by atoms with Gasteiger partial charge in [0, 0.05) is 25.1 Å². The molecule has 1 rings (SSSR count). The Bertz CT molecular complexity index is 214. The Kier molecular flexibility index (Phi) is 7.61. The molecule has 4 heteroatoms. The largest absolute Gasteiger partial charge is 0.384 e. The molecule has 1 aliphatic heterocycles. The van der Waals surface area contributed by atoms with E-state index in [1.54, 1.807) is 0 Å². The smallest absolute Gasteiger partial charge is 0.0531 e. The lowest BCUT2D eigenvalue weighted by Gasteiger charge is -2.41. The Hall–Kier alpha value is 0.230. The van der Waals surface area contributed by atoms with Crippen molar-refractivity contribution in [2.24, 2.45) is 5.41 Å². The third-order valence-electron chi connectivity index (χ3n) is 4.19. The van der Waals surface area contributed by atoms with Gasteiger partial charge >= 0.3 is 0 Å². The molecule has 0 spiro atoms. The van der Waals surface area contributed by atoms with E-state index in [4.69, 9.17) is 4.74 Å². The van der Waals surface area contributed by atoms with Crippen LogP contribution in [0.15, 0.2) is 0 Å². The zero-order valence-electron chi connectivity index (χ0n) is 12.5. The van der Waals surface area contributed by atoms with E-state index in [0.29, 0.717) is 11.5 Å². The second-order valence-corrected chi connectivity index (χ2v) is 6.71. The molecule has 1 fully saturated rings. The predicted octanol–water partition coefficient (Wildman–Crippen LogP) is 2.08. The second-order valence-electron chi connectivity index (χ2n) is 5.73. The molecule has 0 saturated carbocycles. The van der Waals surface area contributed by atoms with Crippen LogP contribution in [0.4, 0.5) is 0 Å². The van der Waals surface area contributed by atoms with Crippen LogP contribution in [0.1, 0.15) is 26.2 Å². The van der Waals surface area contributed by atoms with Gasteiger partial charge in [0.25, 0.3) is 0 Å². The monoisotopic (exact) mass is 274 g/mol. The summed E-state index contributed by atoms with van der Waals surface area (Å²) in [6, 6.07) is 0.668. The van der Waals surface area contributed by atoms with Gasteiger partial charge in [0.05, 0.1) is 6.61 Å². The molecule has 1 N–H and O–H groups in total. The molecular weight excluding hydrogens is 244 g/mol. The van der Waals surface area contributed by atoms with E-state index in [9.17, 15) is 0 Å². The summed E-state index contributed by atoms with van der Waals surface area (Å²) in [5.74, 6) is 1.25. The fraction of sp³-hybridized carbons (Fsp3) is 1.00. The van der Waals surface area contributed by atoms with Crippen molar-refractivity contribution >= 4 is 11.8 Å². The van der Waals surface area contributed by atoms with Crippen LogP contribution in [0.3, 0.4) is 0 Å². The zero-order valence-corrected chi connectivity index (χ0v) is 13.3. The number of rotatable bonds is 8. The average Bonchev–Trinajstić information content (AvgIpc) is 2.37. The van der Waals surface area contributed by atoms with E-state index >= 15 is 0 Å². The van der Waals surface area contributed by atoms with Gasteiger partial charge in [0.1, 0.15) is 0 Å². The highest BCUT2D eigenvalue weighted by atomic mass is 32.2. The second kappa shape index (κ2) is 8.41. The highest BCUT2D eigenvalue weighted by Crippen LogP contribution is 2.30. The quantitative estimate of drug-likeness (QED) is 0.732. The van der Waals surface area contributed by atoms with Gasteiger partial charge in [-0.05, 0) is 58.3 Å². The summed E-state index contributed by atoms with van der Waals surface area (Å²) in [4.78, 5) is 2.53. The standard InChI is InChI=1S/C14H30N2OS/c1-13(5-10-18-4)16(2)11-14(12-17-3)6-8-15-9-7-14/h13,15H,5-12H2,1-4H3. The highest BCUT2D eigenvalue weighted by Gasteiger charge is 2.33. The zero-order chi connectivity index (χ0) is 13.4. The van der Waals surface area contributed by atoms with Gasteiger partial charge in [-0.3, -0.25) is 0 Å². The molecule has 1 unspecified atom stereocenters. The molecule has 0 bridgehead atoms. The molecule has 1 heterocycles. The van der Waals surface area contributed by atoms with Gasteiger partial charge in [-0.25, -0.2) is 0 Å². The summed E-state index contributed by atoms with van der Waals surface area (Å²) in [5.41, 5.74) is 0.363. The van der Waals surface area contributed by atoms with Gasteiger partial charge in [-0.2, -0.15) is 11.8 Å². The van der Waals surface area contributed by atoms with Crippen LogP contribution >= 0.6 is 11.8 Å². The summed E-state index contributed by atoms with van der Waals surface area (Å²) in [5, 5.41) is 3.46.